The van der Waals surface area contributed by atoms with Crippen molar-refractivity contribution in [3.8, 4) is 11.1 Å². The summed E-state index contributed by atoms with van der Waals surface area (Å²) < 4.78 is 11.6. The van der Waals surface area contributed by atoms with Gasteiger partial charge in [0, 0.05) is 48.0 Å². The average molecular weight is 485 g/mol. The molecule has 7 nitrogen and oxygen atoms in total. The molecule has 2 aromatic heterocycles. The summed E-state index contributed by atoms with van der Waals surface area (Å²) in [7, 11) is 0. The van der Waals surface area contributed by atoms with Crippen LogP contribution < -0.4 is 5.32 Å². The van der Waals surface area contributed by atoms with Gasteiger partial charge in [-0.05, 0) is 62.9 Å². The maximum atomic E-state index is 13.2. The van der Waals surface area contributed by atoms with Crippen LogP contribution in [0.5, 0.6) is 0 Å². The molecule has 5 rings (SSSR count). The predicted octanol–water partition coefficient (Wildman–Crippen LogP) is 6.12. The van der Waals surface area contributed by atoms with Gasteiger partial charge in [-0.2, -0.15) is 0 Å². The quantitative estimate of drug-likeness (QED) is 0.368. The van der Waals surface area contributed by atoms with E-state index in [0.717, 1.165) is 46.1 Å². The third kappa shape index (κ3) is 5.26. The molecule has 1 amide bonds. The molecule has 0 saturated carbocycles. The number of hydrogen-bond donors (Lipinski definition) is 1. The van der Waals surface area contributed by atoms with Gasteiger partial charge in [0.2, 0.25) is 0 Å². The van der Waals surface area contributed by atoms with Crippen LogP contribution in [0.3, 0.4) is 0 Å². The highest BCUT2D eigenvalue weighted by molar-refractivity contribution is 5.86. The van der Waals surface area contributed by atoms with E-state index < -0.39 is 5.60 Å². The number of hydrogen-bond acceptors (Lipinski definition) is 6. The van der Waals surface area contributed by atoms with Gasteiger partial charge in [-0.1, -0.05) is 30.3 Å². The number of piperidine rings is 1. The van der Waals surface area contributed by atoms with E-state index in [2.05, 4.69) is 39.6 Å². The van der Waals surface area contributed by atoms with Gasteiger partial charge < -0.3 is 14.5 Å². The Hall–Kier alpha value is -3.71. The number of nitrogens with zero attached hydrogens (tertiary/aromatic N) is 3. The van der Waals surface area contributed by atoms with Gasteiger partial charge in [-0.25, -0.2) is 14.8 Å². The molecule has 1 saturated heterocycles. The van der Waals surface area contributed by atoms with E-state index in [0.29, 0.717) is 13.1 Å². The summed E-state index contributed by atoms with van der Waals surface area (Å²) in [5, 5.41) is 4.79. The number of amides is 1. The summed E-state index contributed by atoms with van der Waals surface area (Å²) in [4.78, 5) is 23.4. The Labute approximate surface area is 211 Å². The van der Waals surface area contributed by atoms with Crippen LogP contribution >= 0.6 is 0 Å². The molecule has 2 atom stereocenters. The number of ether oxygens (including phenoxy) is 1. The van der Waals surface area contributed by atoms with Crippen molar-refractivity contribution in [3.63, 3.8) is 0 Å². The SMILES string of the molecule is CC(C)(C)OC(=O)N1CCC[C@H](NCc2cc(-c3cncnc3)cc3ccoc23)[C@@H]1c1ccccc1. The summed E-state index contributed by atoms with van der Waals surface area (Å²) in [6.45, 7) is 6.98. The fourth-order valence-electron chi connectivity index (χ4n) is 4.94. The van der Waals surface area contributed by atoms with Crippen LogP contribution in [0.4, 0.5) is 4.79 Å². The van der Waals surface area contributed by atoms with Crippen molar-refractivity contribution in [1.29, 1.82) is 0 Å². The van der Waals surface area contributed by atoms with E-state index in [1.54, 1.807) is 6.26 Å². The molecular weight excluding hydrogens is 452 g/mol. The number of aromatic nitrogens is 2. The summed E-state index contributed by atoms with van der Waals surface area (Å²) in [6.07, 6.45) is 8.46. The second-order valence-electron chi connectivity index (χ2n) is 10.3. The van der Waals surface area contributed by atoms with Crippen molar-refractivity contribution in [2.24, 2.45) is 0 Å². The first-order valence-corrected chi connectivity index (χ1v) is 12.4. The fourth-order valence-corrected chi connectivity index (χ4v) is 4.94. The number of carbonyl (C=O) groups excluding carboxylic acids is 1. The molecule has 1 fully saturated rings. The van der Waals surface area contributed by atoms with Gasteiger partial charge in [-0.3, -0.25) is 4.90 Å². The standard InChI is InChI=1S/C29H32N4O3/c1-29(2,3)36-28(34)33-12-7-10-25(26(33)20-8-5-4-6-9-20)32-18-23-15-22(24-16-30-19-31-17-24)14-21-11-13-35-27(21)23/h4-6,8-9,11,13-17,19,25-26,32H,7,10,12,18H2,1-3H3/t25-,26-/m0/s1. The van der Waals surface area contributed by atoms with Crippen LogP contribution in [0.1, 0.15) is 50.8 Å². The normalized spacial score (nSPS) is 18.4. The van der Waals surface area contributed by atoms with Gasteiger partial charge in [0.15, 0.2) is 0 Å². The van der Waals surface area contributed by atoms with Crippen LogP contribution in [0.2, 0.25) is 0 Å². The topological polar surface area (TPSA) is 80.5 Å². The Kier molecular flexibility index (Phi) is 6.74. The molecule has 1 aliphatic rings. The molecule has 2 aromatic carbocycles. The lowest BCUT2D eigenvalue weighted by atomic mass is 9.90. The summed E-state index contributed by atoms with van der Waals surface area (Å²) in [5.74, 6) is 0. The number of nitrogens with one attached hydrogen (secondary N) is 1. The van der Waals surface area contributed by atoms with Gasteiger partial charge in [0.05, 0.1) is 12.3 Å². The average Bonchev–Trinajstić information content (AvgIpc) is 3.36. The summed E-state index contributed by atoms with van der Waals surface area (Å²) in [6, 6.07) is 16.3. The zero-order valence-corrected chi connectivity index (χ0v) is 21.0. The second kappa shape index (κ2) is 10.1. The highest BCUT2D eigenvalue weighted by atomic mass is 16.6. The monoisotopic (exact) mass is 484 g/mol. The van der Waals surface area contributed by atoms with Crippen LogP contribution in [-0.4, -0.2) is 39.1 Å². The smallest absolute Gasteiger partial charge is 0.410 e. The molecule has 0 radical (unpaired) electrons. The largest absolute Gasteiger partial charge is 0.464 e. The van der Waals surface area contributed by atoms with Gasteiger partial charge in [0.1, 0.15) is 17.5 Å². The van der Waals surface area contributed by atoms with Crippen molar-refractivity contribution in [1.82, 2.24) is 20.2 Å². The first-order valence-electron chi connectivity index (χ1n) is 12.4. The van der Waals surface area contributed by atoms with E-state index in [4.69, 9.17) is 9.15 Å². The Bertz CT molecular complexity index is 1310. The first-order chi connectivity index (χ1) is 17.4. The van der Waals surface area contributed by atoms with E-state index >= 15 is 0 Å². The number of rotatable bonds is 5. The molecule has 0 bridgehead atoms. The van der Waals surface area contributed by atoms with Crippen LogP contribution in [-0.2, 0) is 11.3 Å². The second-order valence-corrected chi connectivity index (χ2v) is 10.3. The van der Waals surface area contributed by atoms with Crippen LogP contribution in [0, 0.1) is 0 Å². The van der Waals surface area contributed by atoms with Crippen molar-refractivity contribution >= 4 is 17.1 Å². The summed E-state index contributed by atoms with van der Waals surface area (Å²) in [5.41, 5.74) is 4.46. The highest BCUT2D eigenvalue weighted by Crippen LogP contribution is 2.34. The predicted molar refractivity (Wildman–Crippen MR) is 139 cm³/mol. The maximum Gasteiger partial charge on any atom is 0.410 e. The lowest BCUT2D eigenvalue weighted by Crippen LogP contribution is -2.51. The zero-order chi connectivity index (χ0) is 25.1. The number of furan rings is 1. The van der Waals surface area contributed by atoms with Crippen LogP contribution in [0.15, 0.2) is 77.9 Å². The number of likely N-dealkylation sites (tertiary alicyclic amines) is 1. The molecule has 1 N–H and O–H groups in total. The fraction of sp³-hybridized carbons (Fsp3) is 0.345. The van der Waals surface area contributed by atoms with E-state index in [-0.39, 0.29) is 18.2 Å². The summed E-state index contributed by atoms with van der Waals surface area (Å²) >= 11 is 0. The van der Waals surface area contributed by atoms with E-state index in [9.17, 15) is 4.79 Å². The van der Waals surface area contributed by atoms with E-state index in [1.165, 1.54) is 6.33 Å². The Morgan fingerprint density at radius 1 is 1.11 bits per heavy atom. The minimum atomic E-state index is -0.550. The van der Waals surface area contributed by atoms with Gasteiger partial charge in [-0.15, -0.1) is 0 Å². The lowest BCUT2D eigenvalue weighted by molar-refractivity contribution is 0.00381. The molecule has 186 valence electrons. The van der Waals surface area contributed by atoms with Crippen molar-refractivity contribution in [3.05, 3.63) is 84.6 Å². The minimum absolute atomic E-state index is 0.0578. The molecule has 7 heteroatoms. The highest BCUT2D eigenvalue weighted by Gasteiger charge is 2.37. The van der Waals surface area contributed by atoms with Gasteiger partial charge >= 0.3 is 6.09 Å². The lowest BCUT2D eigenvalue weighted by Gasteiger charge is -2.42. The third-order valence-electron chi connectivity index (χ3n) is 6.48. The maximum absolute atomic E-state index is 13.2. The van der Waals surface area contributed by atoms with Crippen LogP contribution in [0.25, 0.3) is 22.1 Å². The Morgan fingerprint density at radius 2 is 1.89 bits per heavy atom. The van der Waals surface area contributed by atoms with Crippen molar-refractivity contribution < 1.29 is 13.9 Å². The number of benzene rings is 2. The molecule has 0 aliphatic carbocycles. The van der Waals surface area contributed by atoms with Crippen molar-refractivity contribution in [2.45, 2.75) is 57.8 Å². The molecule has 1 aliphatic heterocycles. The minimum Gasteiger partial charge on any atom is -0.464 e. The van der Waals surface area contributed by atoms with Crippen molar-refractivity contribution in [2.75, 3.05) is 6.54 Å². The molecular formula is C29H32N4O3. The Balaban J connectivity index is 1.44. The van der Waals surface area contributed by atoms with Gasteiger partial charge in [0.25, 0.3) is 0 Å². The number of carbonyl (C=O) groups is 1. The first kappa shape index (κ1) is 24.0. The third-order valence-corrected chi connectivity index (χ3v) is 6.48. The molecule has 4 aromatic rings. The zero-order valence-electron chi connectivity index (χ0n) is 21.0. The molecule has 0 unspecified atom stereocenters. The molecule has 3 heterocycles. The molecule has 0 spiro atoms. The molecule has 36 heavy (non-hydrogen) atoms. The van der Waals surface area contributed by atoms with E-state index in [1.807, 2.05) is 62.3 Å². The number of fused-ring (bicyclic) bond motifs is 1. The Morgan fingerprint density at radius 3 is 2.64 bits per heavy atom.